The highest BCUT2D eigenvalue weighted by Crippen LogP contribution is 2.06. The summed E-state index contributed by atoms with van der Waals surface area (Å²) in [5.74, 6) is 3.55. The molecule has 1 aromatic carbocycles. The predicted molar refractivity (Wildman–Crippen MR) is 57.4 cm³/mol. The van der Waals surface area contributed by atoms with Gasteiger partial charge in [-0.05, 0) is 24.1 Å². The van der Waals surface area contributed by atoms with E-state index in [9.17, 15) is 9.59 Å². The van der Waals surface area contributed by atoms with Crippen LogP contribution >= 0.6 is 0 Å². The Balaban J connectivity index is 2.75. The SMILES string of the molecule is NN[C@H](Cc1ccc(C(N)=O)cc1)C(=O)O. The zero-order valence-corrected chi connectivity index (χ0v) is 8.51. The molecule has 1 atom stereocenters. The molecule has 6 N–H and O–H groups in total. The maximum Gasteiger partial charge on any atom is 0.322 e. The average Bonchev–Trinajstić information content (AvgIpc) is 2.26. The van der Waals surface area contributed by atoms with E-state index in [4.69, 9.17) is 16.7 Å². The minimum absolute atomic E-state index is 0.241. The third kappa shape index (κ3) is 3.04. The topological polar surface area (TPSA) is 118 Å². The highest BCUT2D eigenvalue weighted by molar-refractivity contribution is 5.92. The van der Waals surface area contributed by atoms with Crippen molar-refractivity contribution in [3.05, 3.63) is 35.4 Å². The zero-order chi connectivity index (χ0) is 12.1. The maximum atomic E-state index is 10.8. The van der Waals surface area contributed by atoms with Crippen molar-refractivity contribution in [2.75, 3.05) is 0 Å². The lowest BCUT2D eigenvalue weighted by Crippen LogP contribution is -2.42. The molecule has 1 aromatic rings. The largest absolute Gasteiger partial charge is 0.480 e. The molecular weight excluding hydrogens is 210 g/mol. The molecule has 0 saturated carbocycles. The molecular formula is C10H13N3O3. The monoisotopic (exact) mass is 223 g/mol. The molecule has 1 amide bonds. The van der Waals surface area contributed by atoms with E-state index in [1.165, 1.54) is 0 Å². The van der Waals surface area contributed by atoms with Crippen LogP contribution in [0.5, 0.6) is 0 Å². The van der Waals surface area contributed by atoms with Gasteiger partial charge in [-0.3, -0.25) is 15.4 Å². The third-order valence-electron chi connectivity index (χ3n) is 2.18. The molecule has 0 aliphatic carbocycles. The molecule has 0 aliphatic heterocycles. The lowest BCUT2D eigenvalue weighted by Gasteiger charge is -2.10. The Labute approximate surface area is 92.2 Å². The fraction of sp³-hybridized carbons (Fsp3) is 0.200. The molecule has 0 radical (unpaired) electrons. The van der Waals surface area contributed by atoms with Crippen LogP contribution in [0, 0.1) is 0 Å². The molecule has 0 bridgehead atoms. The number of nitrogens with one attached hydrogen (secondary N) is 1. The van der Waals surface area contributed by atoms with Crippen molar-refractivity contribution in [1.82, 2.24) is 5.43 Å². The number of carboxylic acid groups (broad SMARTS) is 1. The summed E-state index contributed by atoms with van der Waals surface area (Å²) >= 11 is 0. The minimum Gasteiger partial charge on any atom is -0.480 e. The Kier molecular flexibility index (Phi) is 3.98. The fourth-order valence-corrected chi connectivity index (χ4v) is 1.26. The fourth-order valence-electron chi connectivity index (χ4n) is 1.26. The van der Waals surface area contributed by atoms with Crippen molar-refractivity contribution in [2.24, 2.45) is 11.6 Å². The van der Waals surface area contributed by atoms with Crippen molar-refractivity contribution in [3.63, 3.8) is 0 Å². The Morgan fingerprint density at radius 3 is 2.25 bits per heavy atom. The quantitative estimate of drug-likeness (QED) is 0.386. The number of rotatable bonds is 5. The van der Waals surface area contributed by atoms with Crippen LogP contribution in [-0.2, 0) is 11.2 Å². The molecule has 6 heteroatoms. The van der Waals surface area contributed by atoms with E-state index in [0.29, 0.717) is 5.56 Å². The first-order valence-corrected chi connectivity index (χ1v) is 4.62. The highest BCUT2D eigenvalue weighted by atomic mass is 16.4. The molecule has 0 heterocycles. The second kappa shape index (κ2) is 5.24. The van der Waals surface area contributed by atoms with E-state index in [-0.39, 0.29) is 6.42 Å². The number of aliphatic carboxylic acids is 1. The zero-order valence-electron chi connectivity index (χ0n) is 8.51. The summed E-state index contributed by atoms with van der Waals surface area (Å²) < 4.78 is 0. The number of benzene rings is 1. The molecule has 0 aliphatic rings. The van der Waals surface area contributed by atoms with Gasteiger partial charge < -0.3 is 10.8 Å². The second-order valence-corrected chi connectivity index (χ2v) is 3.32. The van der Waals surface area contributed by atoms with Crippen LogP contribution in [-0.4, -0.2) is 23.0 Å². The van der Waals surface area contributed by atoms with Gasteiger partial charge in [0, 0.05) is 5.56 Å². The number of primary amides is 1. The number of hydrazine groups is 1. The molecule has 86 valence electrons. The Hall–Kier alpha value is -1.92. The van der Waals surface area contributed by atoms with Crippen LogP contribution in [0.25, 0.3) is 0 Å². The van der Waals surface area contributed by atoms with Crippen LogP contribution in [0.1, 0.15) is 15.9 Å². The molecule has 6 nitrogen and oxygen atoms in total. The summed E-state index contributed by atoms with van der Waals surface area (Å²) in [5.41, 5.74) is 8.42. The number of hydrogen-bond acceptors (Lipinski definition) is 4. The van der Waals surface area contributed by atoms with Crippen LogP contribution in [0.2, 0.25) is 0 Å². The van der Waals surface area contributed by atoms with Gasteiger partial charge in [0.2, 0.25) is 5.91 Å². The Bertz CT molecular complexity index is 389. The first-order chi connectivity index (χ1) is 7.54. The van der Waals surface area contributed by atoms with E-state index >= 15 is 0 Å². The van der Waals surface area contributed by atoms with E-state index in [1.54, 1.807) is 24.3 Å². The van der Waals surface area contributed by atoms with Gasteiger partial charge in [0.1, 0.15) is 6.04 Å². The van der Waals surface area contributed by atoms with Crippen molar-refractivity contribution >= 4 is 11.9 Å². The Morgan fingerprint density at radius 1 is 1.31 bits per heavy atom. The van der Waals surface area contributed by atoms with Crippen LogP contribution in [0.3, 0.4) is 0 Å². The number of hydrogen-bond donors (Lipinski definition) is 4. The predicted octanol–water partition coefficient (Wildman–Crippen LogP) is -0.755. The highest BCUT2D eigenvalue weighted by Gasteiger charge is 2.15. The van der Waals surface area contributed by atoms with E-state index in [2.05, 4.69) is 5.43 Å². The van der Waals surface area contributed by atoms with Crippen LogP contribution < -0.4 is 17.0 Å². The standard InChI is InChI=1S/C10H13N3O3/c11-9(14)7-3-1-6(2-4-7)5-8(13-12)10(15)16/h1-4,8,13H,5,12H2,(H2,11,14)(H,15,16)/t8-/m1/s1. The molecule has 0 spiro atoms. The van der Waals surface area contributed by atoms with Gasteiger partial charge in [-0.15, -0.1) is 0 Å². The van der Waals surface area contributed by atoms with Crippen molar-refractivity contribution in [1.29, 1.82) is 0 Å². The lowest BCUT2D eigenvalue weighted by atomic mass is 10.0. The Morgan fingerprint density at radius 2 is 1.88 bits per heavy atom. The average molecular weight is 223 g/mol. The van der Waals surface area contributed by atoms with E-state index < -0.39 is 17.9 Å². The molecule has 0 fully saturated rings. The van der Waals surface area contributed by atoms with Gasteiger partial charge in [-0.2, -0.15) is 0 Å². The van der Waals surface area contributed by atoms with Gasteiger partial charge >= 0.3 is 5.97 Å². The molecule has 0 unspecified atom stereocenters. The minimum atomic E-state index is -1.03. The van der Waals surface area contributed by atoms with Gasteiger partial charge in [-0.1, -0.05) is 12.1 Å². The number of nitrogens with two attached hydrogens (primary N) is 2. The van der Waals surface area contributed by atoms with E-state index in [0.717, 1.165) is 5.56 Å². The van der Waals surface area contributed by atoms with Crippen molar-refractivity contribution < 1.29 is 14.7 Å². The number of carbonyl (C=O) groups is 2. The summed E-state index contributed by atoms with van der Waals surface area (Å²) in [5, 5.41) is 8.76. The van der Waals surface area contributed by atoms with Gasteiger partial charge in [0.25, 0.3) is 0 Å². The van der Waals surface area contributed by atoms with Gasteiger partial charge in [0.15, 0.2) is 0 Å². The second-order valence-electron chi connectivity index (χ2n) is 3.32. The third-order valence-corrected chi connectivity index (χ3v) is 2.18. The normalized spacial score (nSPS) is 12.1. The number of amides is 1. The number of carboxylic acids is 1. The van der Waals surface area contributed by atoms with Crippen molar-refractivity contribution in [2.45, 2.75) is 12.5 Å². The molecule has 0 saturated heterocycles. The molecule has 1 rings (SSSR count). The summed E-state index contributed by atoms with van der Waals surface area (Å²) in [7, 11) is 0. The molecule has 0 aromatic heterocycles. The number of carbonyl (C=O) groups excluding carboxylic acids is 1. The van der Waals surface area contributed by atoms with Crippen molar-refractivity contribution in [3.8, 4) is 0 Å². The maximum absolute atomic E-state index is 10.8. The van der Waals surface area contributed by atoms with Gasteiger partial charge in [0.05, 0.1) is 0 Å². The van der Waals surface area contributed by atoms with Gasteiger partial charge in [-0.25, -0.2) is 5.43 Å². The summed E-state index contributed by atoms with van der Waals surface area (Å²) in [6, 6.07) is 5.54. The lowest BCUT2D eigenvalue weighted by molar-refractivity contribution is -0.139. The first-order valence-electron chi connectivity index (χ1n) is 4.62. The molecule has 16 heavy (non-hydrogen) atoms. The summed E-state index contributed by atoms with van der Waals surface area (Å²) in [6.45, 7) is 0. The summed E-state index contributed by atoms with van der Waals surface area (Å²) in [6.07, 6.45) is 0.241. The van der Waals surface area contributed by atoms with Crippen LogP contribution in [0.4, 0.5) is 0 Å². The smallest absolute Gasteiger partial charge is 0.322 e. The summed E-state index contributed by atoms with van der Waals surface area (Å²) in [4.78, 5) is 21.5. The van der Waals surface area contributed by atoms with Crippen LogP contribution in [0.15, 0.2) is 24.3 Å². The van der Waals surface area contributed by atoms with E-state index in [1.807, 2.05) is 0 Å². The first kappa shape index (κ1) is 12.2.